The lowest BCUT2D eigenvalue weighted by molar-refractivity contribution is 0.213. The van der Waals surface area contributed by atoms with E-state index in [2.05, 4.69) is 20.4 Å². The van der Waals surface area contributed by atoms with E-state index in [4.69, 9.17) is 4.42 Å². The van der Waals surface area contributed by atoms with Gasteiger partial charge in [0.15, 0.2) is 0 Å². The summed E-state index contributed by atoms with van der Waals surface area (Å²) in [7, 11) is 0. The molecule has 2 heterocycles. The van der Waals surface area contributed by atoms with Gasteiger partial charge in [-0.2, -0.15) is 0 Å². The second-order valence-electron chi connectivity index (χ2n) is 4.53. The van der Waals surface area contributed by atoms with Gasteiger partial charge >= 0.3 is 0 Å². The van der Waals surface area contributed by atoms with Crippen LogP contribution in [0.5, 0.6) is 0 Å². The molecule has 6 heteroatoms. The molecule has 0 saturated carbocycles. The lowest BCUT2D eigenvalue weighted by Gasteiger charge is -2.25. The largest absolute Gasteiger partial charge is 0.419 e. The molecule has 0 aliphatic carbocycles. The summed E-state index contributed by atoms with van der Waals surface area (Å²) in [4.78, 5) is 2.26. The van der Waals surface area contributed by atoms with Crippen LogP contribution in [0.25, 0.3) is 11.5 Å². The Balaban J connectivity index is 1.70. The van der Waals surface area contributed by atoms with E-state index in [1.165, 1.54) is 12.1 Å². The molecular formula is C13H15FN4O. The van der Waals surface area contributed by atoms with E-state index in [-0.39, 0.29) is 5.82 Å². The number of piperazine rings is 1. The van der Waals surface area contributed by atoms with Crippen molar-refractivity contribution in [2.75, 3.05) is 26.2 Å². The molecule has 0 bridgehead atoms. The second-order valence-corrected chi connectivity index (χ2v) is 4.53. The fourth-order valence-electron chi connectivity index (χ4n) is 2.09. The molecule has 1 aliphatic rings. The zero-order valence-electron chi connectivity index (χ0n) is 10.5. The lowest BCUT2D eigenvalue weighted by Crippen LogP contribution is -2.42. The predicted octanol–water partition coefficient (Wildman–Crippen LogP) is 1.28. The molecule has 100 valence electrons. The molecule has 2 aromatic rings. The number of rotatable bonds is 3. The van der Waals surface area contributed by atoms with Crippen LogP contribution in [0.3, 0.4) is 0 Å². The normalized spacial score (nSPS) is 16.7. The van der Waals surface area contributed by atoms with Crippen LogP contribution in [0, 0.1) is 5.82 Å². The smallest absolute Gasteiger partial charge is 0.247 e. The minimum atomic E-state index is -0.274. The summed E-state index contributed by atoms with van der Waals surface area (Å²) in [6.45, 7) is 4.59. The molecule has 1 saturated heterocycles. The molecule has 1 aromatic carbocycles. The van der Waals surface area contributed by atoms with E-state index in [0.29, 0.717) is 18.3 Å². The quantitative estimate of drug-likeness (QED) is 0.903. The minimum Gasteiger partial charge on any atom is -0.419 e. The molecule has 3 rings (SSSR count). The summed E-state index contributed by atoms with van der Waals surface area (Å²) in [6.07, 6.45) is 0. The van der Waals surface area contributed by atoms with Crippen LogP contribution in [0.15, 0.2) is 28.7 Å². The predicted molar refractivity (Wildman–Crippen MR) is 67.8 cm³/mol. The molecule has 1 aliphatic heterocycles. The van der Waals surface area contributed by atoms with E-state index in [9.17, 15) is 4.39 Å². The maximum atomic E-state index is 12.8. The monoisotopic (exact) mass is 262 g/mol. The van der Waals surface area contributed by atoms with Crippen molar-refractivity contribution < 1.29 is 8.81 Å². The third kappa shape index (κ3) is 2.97. The third-order valence-corrected chi connectivity index (χ3v) is 3.13. The Hall–Kier alpha value is -1.79. The van der Waals surface area contributed by atoms with Gasteiger partial charge in [-0.25, -0.2) is 4.39 Å². The Morgan fingerprint density at radius 2 is 1.89 bits per heavy atom. The van der Waals surface area contributed by atoms with Gasteiger partial charge in [-0.15, -0.1) is 10.2 Å². The number of nitrogens with one attached hydrogen (secondary N) is 1. The maximum absolute atomic E-state index is 12.8. The summed E-state index contributed by atoms with van der Waals surface area (Å²) < 4.78 is 18.4. The molecule has 1 aromatic heterocycles. The molecule has 1 N–H and O–H groups in total. The average molecular weight is 262 g/mol. The highest BCUT2D eigenvalue weighted by molar-refractivity contribution is 5.51. The van der Waals surface area contributed by atoms with Crippen molar-refractivity contribution in [3.05, 3.63) is 36.0 Å². The van der Waals surface area contributed by atoms with Crippen LogP contribution in [-0.2, 0) is 6.54 Å². The van der Waals surface area contributed by atoms with Crippen LogP contribution in [-0.4, -0.2) is 41.3 Å². The molecule has 0 atom stereocenters. The highest BCUT2D eigenvalue weighted by Crippen LogP contribution is 2.18. The van der Waals surface area contributed by atoms with Crippen molar-refractivity contribution in [3.8, 4) is 11.5 Å². The van der Waals surface area contributed by atoms with Crippen molar-refractivity contribution >= 4 is 0 Å². The molecule has 0 unspecified atom stereocenters. The van der Waals surface area contributed by atoms with Crippen molar-refractivity contribution in [1.82, 2.24) is 20.4 Å². The highest BCUT2D eigenvalue weighted by Gasteiger charge is 2.14. The number of halogens is 1. The molecule has 19 heavy (non-hydrogen) atoms. The van der Waals surface area contributed by atoms with Gasteiger partial charge < -0.3 is 9.73 Å². The number of hydrogen-bond acceptors (Lipinski definition) is 5. The summed E-state index contributed by atoms with van der Waals surface area (Å²) in [6, 6.07) is 6.04. The molecule has 0 spiro atoms. The SMILES string of the molecule is Fc1ccc(-c2nnc(CN3CCNCC3)o2)cc1. The van der Waals surface area contributed by atoms with Crippen molar-refractivity contribution in [3.63, 3.8) is 0 Å². The first-order valence-electron chi connectivity index (χ1n) is 6.33. The Bertz CT molecular complexity index is 534. The topological polar surface area (TPSA) is 54.2 Å². The molecule has 5 nitrogen and oxygen atoms in total. The maximum Gasteiger partial charge on any atom is 0.247 e. The van der Waals surface area contributed by atoms with Gasteiger partial charge in [0.1, 0.15) is 5.82 Å². The second kappa shape index (κ2) is 5.46. The summed E-state index contributed by atoms with van der Waals surface area (Å²) in [5.41, 5.74) is 0.737. The summed E-state index contributed by atoms with van der Waals surface area (Å²) in [5.74, 6) is 0.760. The zero-order chi connectivity index (χ0) is 13.1. The summed E-state index contributed by atoms with van der Waals surface area (Å²) in [5, 5.41) is 11.3. The van der Waals surface area contributed by atoms with Gasteiger partial charge in [0.2, 0.25) is 11.8 Å². The average Bonchev–Trinajstić information content (AvgIpc) is 2.89. The van der Waals surface area contributed by atoms with Gasteiger partial charge in [0.05, 0.1) is 6.54 Å². The zero-order valence-corrected chi connectivity index (χ0v) is 10.5. The van der Waals surface area contributed by atoms with Gasteiger partial charge in [-0.3, -0.25) is 4.90 Å². The first kappa shape index (κ1) is 12.3. The van der Waals surface area contributed by atoms with Crippen LogP contribution in [0.4, 0.5) is 4.39 Å². The van der Waals surface area contributed by atoms with Crippen LogP contribution < -0.4 is 5.32 Å². The number of nitrogens with zero attached hydrogens (tertiary/aromatic N) is 3. The molecule has 0 radical (unpaired) electrons. The van der Waals surface area contributed by atoms with Gasteiger partial charge in [0, 0.05) is 31.7 Å². The van der Waals surface area contributed by atoms with Gasteiger partial charge in [0.25, 0.3) is 0 Å². The number of aromatic nitrogens is 2. The van der Waals surface area contributed by atoms with Crippen molar-refractivity contribution in [2.24, 2.45) is 0 Å². The van der Waals surface area contributed by atoms with E-state index in [0.717, 1.165) is 31.7 Å². The summed E-state index contributed by atoms with van der Waals surface area (Å²) >= 11 is 0. The Morgan fingerprint density at radius 1 is 1.16 bits per heavy atom. The van der Waals surface area contributed by atoms with Crippen LogP contribution in [0.1, 0.15) is 5.89 Å². The molecule has 0 amide bonds. The van der Waals surface area contributed by atoms with E-state index in [1.807, 2.05) is 0 Å². The van der Waals surface area contributed by atoms with E-state index < -0.39 is 0 Å². The van der Waals surface area contributed by atoms with E-state index >= 15 is 0 Å². The van der Waals surface area contributed by atoms with Crippen LogP contribution in [0.2, 0.25) is 0 Å². The standard InChI is InChI=1S/C13H15FN4O/c14-11-3-1-10(2-4-11)13-17-16-12(19-13)9-18-7-5-15-6-8-18/h1-4,15H,5-9H2. The number of benzene rings is 1. The first-order chi connectivity index (χ1) is 9.31. The third-order valence-electron chi connectivity index (χ3n) is 3.13. The highest BCUT2D eigenvalue weighted by atomic mass is 19.1. The van der Waals surface area contributed by atoms with Gasteiger partial charge in [-0.05, 0) is 24.3 Å². The Labute approximate surface area is 110 Å². The number of hydrogen-bond donors (Lipinski definition) is 1. The van der Waals surface area contributed by atoms with Crippen LogP contribution >= 0.6 is 0 Å². The lowest BCUT2D eigenvalue weighted by atomic mass is 10.2. The fourth-order valence-corrected chi connectivity index (χ4v) is 2.09. The van der Waals surface area contributed by atoms with E-state index in [1.54, 1.807) is 12.1 Å². The molecular weight excluding hydrogens is 247 g/mol. The first-order valence-corrected chi connectivity index (χ1v) is 6.33. The Kier molecular flexibility index (Phi) is 3.52. The van der Waals surface area contributed by atoms with Crippen molar-refractivity contribution in [2.45, 2.75) is 6.54 Å². The fraction of sp³-hybridized carbons (Fsp3) is 0.385. The Morgan fingerprint density at radius 3 is 2.63 bits per heavy atom. The van der Waals surface area contributed by atoms with Gasteiger partial charge in [-0.1, -0.05) is 0 Å². The minimum absolute atomic E-state index is 0.274. The molecule has 1 fully saturated rings. The van der Waals surface area contributed by atoms with Crippen molar-refractivity contribution in [1.29, 1.82) is 0 Å².